The van der Waals surface area contributed by atoms with Gasteiger partial charge in [0, 0.05) is 39.1 Å². The lowest BCUT2D eigenvalue weighted by Gasteiger charge is -2.15. The van der Waals surface area contributed by atoms with E-state index in [-0.39, 0.29) is 0 Å². The van der Waals surface area contributed by atoms with Crippen LogP contribution in [0.2, 0.25) is 0 Å². The quantitative estimate of drug-likeness (QED) is 0.598. The van der Waals surface area contributed by atoms with Crippen LogP contribution in [0.4, 0.5) is 0 Å². The van der Waals surface area contributed by atoms with E-state index in [4.69, 9.17) is 4.74 Å². The monoisotopic (exact) mass is 341 g/mol. The average molecular weight is 341 g/mol. The highest BCUT2D eigenvalue weighted by Gasteiger charge is 2.14. The highest BCUT2D eigenvalue weighted by molar-refractivity contribution is 5.79. The molecule has 6 nitrogen and oxygen atoms in total. The van der Waals surface area contributed by atoms with Crippen molar-refractivity contribution in [3.63, 3.8) is 0 Å². The number of hydrogen-bond donors (Lipinski definition) is 2. The van der Waals surface area contributed by atoms with Crippen LogP contribution in [0.15, 0.2) is 47.7 Å². The molecule has 1 aliphatic heterocycles. The molecule has 1 fully saturated rings. The van der Waals surface area contributed by atoms with Crippen LogP contribution in [0.1, 0.15) is 30.4 Å². The number of rotatable bonds is 7. The maximum Gasteiger partial charge on any atom is 0.191 e. The van der Waals surface area contributed by atoms with Crippen LogP contribution in [0.25, 0.3) is 0 Å². The molecule has 0 spiro atoms. The van der Waals surface area contributed by atoms with Gasteiger partial charge in [-0.3, -0.25) is 9.67 Å². The lowest BCUT2D eigenvalue weighted by molar-refractivity contribution is 0.105. The van der Waals surface area contributed by atoms with Crippen LogP contribution >= 0.6 is 0 Å². The predicted molar refractivity (Wildman–Crippen MR) is 99.6 cm³/mol. The minimum absolute atomic E-state index is 0.403. The summed E-state index contributed by atoms with van der Waals surface area (Å²) in [6.07, 6.45) is 7.58. The van der Waals surface area contributed by atoms with Crippen molar-refractivity contribution in [2.75, 3.05) is 20.2 Å². The molecule has 6 heteroatoms. The van der Waals surface area contributed by atoms with Crippen LogP contribution in [0, 0.1) is 0 Å². The number of nitrogens with zero attached hydrogens (tertiary/aromatic N) is 3. The third kappa shape index (κ3) is 5.32. The summed E-state index contributed by atoms with van der Waals surface area (Å²) in [6.45, 7) is 3.29. The van der Waals surface area contributed by atoms with E-state index in [1.54, 1.807) is 13.2 Å². The fraction of sp³-hybridized carbons (Fsp3) is 0.474. The molecule has 0 bridgehead atoms. The third-order valence-corrected chi connectivity index (χ3v) is 4.46. The molecular formula is C19H27N5O. The first-order valence-corrected chi connectivity index (χ1v) is 8.95. The lowest BCUT2D eigenvalue weighted by atomic mass is 10.1. The number of aliphatic imine (C=N–C) groups is 1. The molecule has 1 aromatic carbocycles. The van der Waals surface area contributed by atoms with Crippen LogP contribution in [0.5, 0.6) is 0 Å². The molecule has 0 radical (unpaired) electrons. The zero-order valence-electron chi connectivity index (χ0n) is 14.8. The minimum atomic E-state index is 0.403. The maximum atomic E-state index is 5.65. The van der Waals surface area contributed by atoms with E-state index in [0.717, 1.165) is 38.6 Å². The fourth-order valence-corrected chi connectivity index (χ4v) is 3.08. The first kappa shape index (κ1) is 17.5. The zero-order valence-corrected chi connectivity index (χ0v) is 14.8. The topological polar surface area (TPSA) is 63.5 Å². The second kappa shape index (κ2) is 9.22. The number of hydrogen-bond acceptors (Lipinski definition) is 3. The number of ether oxygens (including phenoxy) is 1. The summed E-state index contributed by atoms with van der Waals surface area (Å²) in [5.74, 6) is 0.826. The van der Waals surface area contributed by atoms with E-state index in [1.807, 2.05) is 16.9 Å². The van der Waals surface area contributed by atoms with E-state index in [9.17, 15) is 0 Å². The molecule has 25 heavy (non-hydrogen) atoms. The van der Waals surface area contributed by atoms with Gasteiger partial charge in [-0.2, -0.15) is 5.10 Å². The van der Waals surface area contributed by atoms with Gasteiger partial charge in [-0.05, 0) is 36.5 Å². The highest BCUT2D eigenvalue weighted by atomic mass is 16.5. The summed E-state index contributed by atoms with van der Waals surface area (Å²) in [6, 6.07) is 10.4. The van der Waals surface area contributed by atoms with Gasteiger partial charge in [-0.15, -0.1) is 0 Å². The van der Waals surface area contributed by atoms with Crippen molar-refractivity contribution in [3.8, 4) is 0 Å². The van der Waals surface area contributed by atoms with Gasteiger partial charge in [0.2, 0.25) is 0 Å². The molecule has 2 aromatic rings. The Morgan fingerprint density at radius 3 is 2.88 bits per heavy atom. The molecule has 134 valence electrons. The normalized spacial score (nSPS) is 17.6. The van der Waals surface area contributed by atoms with Crippen LogP contribution < -0.4 is 10.6 Å². The van der Waals surface area contributed by atoms with Crippen molar-refractivity contribution in [2.24, 2.45) is 4.99 Å². The molecule has 0 saturated carbocycles. The maximum absolute atomic E-state index is 5.65. The van der Waals surface area contributed by atoms with E-state index < -0.39 is 0 Å². The Hall–Kier alpha value is -2.34. The van der Waals surface area contributed by atoms with Gasteiger partial charge in [-0.25, -0.2) is 0 Å². The van der Waals surface area contributed by atoms with Crippen LogP contribution in [0.3, 0.4) is 0 Å². The summed E-state index contributed by atoms with van der Waals surface area (Å²) in [7, 11) is 1.80. The molecule has 2 heterocycles. The van der Waals surface area contributed by atoms with Crippen LogP contribution in [-0.2, 0) is 17.8 Å². The van der Waals surface area contributed by atoms with Gasteiger partial charge in [0.05, 0.1) is 12.6 Å². The van der Waals surface area contributed by atoms with E-state index in [2.05, 4.69) is 45.0 Å². The van der Waals surface area contributed by atoms with Gasteiger partial charge in [-0.1, -0.05) is 24.3 Å². The smallest absolute Gasteiger partial charge is 0.191 e. The van der Waals surface area contributed by atoms with Crippen molar-refractivity contribution in [3.05, 3.63) is 53.9 Å². The number of benzene rings is 1. The molecule has 1 saturated heterocycles. The molecule has 1 aliphatic rings. The van der Waals surface area contributed by atoms with Gasteiger partial charge >= 0.3 is 0 Å². The summed E-state index contributed by atoms with van der Waals surface area (Å²) in [5.41, 5.74) is 2.51. The molecule has 1 atom stereocenters. The van der Waals surface area contributed by atoms with E-state index in [0.29, 0.717) is 6.10 Å². The van der Waals surface area contributed by atoms with Crippen molar-refractivity contribution >= 4 is 5.96 Å². The van der Waals surface area contributed by atoms with Gasteiger partial charge < -0.3 is 15.4 Å². The third-order valence-electron chi connectivity index (χ3n) is 4.46. The standard InChI is InChI=1S/C19H27N5O/c1-20-19(21-11-9-18-8-4-13-25-18)22-14-16-6-2-3-7-17(16)15-24-12-5-10-23-24/h2-3,5-7,10,12,18H,4,8-9,11,13-15H2,1H3,(H2,20,21,22). The largest absolute Gasteiger partial charge is 0.378 e. The Balaban J connectivity index is 1.49. The average Bonchev–Trinajstić information content (AvgIpc) is 3.33. The summed E-state index contributed by atoms with van der Waals surface area (Å²) < 4.78 is 7.59. The molecule has 1 unspecified atom stereocenters. The van der Waals surface area contributed by atoms with Gasteiger partial charge in [0.15, 0.2) is 5.96 Å². The second-order valence-electron chi connectivity index (χ2n) is 6.25. The molecular weight excluding hydrogens is 314 g/mol. The van der Waals surface area contributed by atoms with Crippen LogP contribution in [-0.4, -0.2) is 42.0 Å². The van der Waals surface area contributed by atoms with Crippen molar-refractivity contribution in [1.29, 1.82) is 0 Å². The first-order chi connectivity index (χ1) is 12.3. The van der Waals surface area contributed by atoms with Crippen molar-refractivity contribution in [1.82, 2.24) is 20.4 Å². The lowest BCUT2D eigenvalue weighted by Crippen LogP contribution is -2.38. The summed E-state index contributed by atoms with van der Waals surface area (Å²) >= 11 is 0. The van der Waals surface area contributed by atoms with Gasteiger partial charge in [0.25, 0.3) is 0 Å². The van der Waals surface area contributed by atoms with Crippen molar-refractivity contribution in [2.45, 2.75) is 38.5 Å². The summed E-state index contributed by atoms with van der Waals surface area (Å²) in [4.78, 5) is 4.31. The Morgan fingerprint density at radius 1 is 1.28 bits per heavy atom. The van der Waals surface area contributed by atoms with E-state index >= 15 is 0 Å². The Kier molecular flexibility index (Phi) is 6.45. The molecule has 2 N–H and O–H groups in total. The Bertz CT molecular complexity index is 662. The molecule has 0 aliphatic carbocycles. The fourth-order valence-electron chi connectivity index (χ4n) is 3.08. The Labute approximate surface area is 149 Å². The highest BCUT2D eigenvalue weighted by Crippen LogP contribution is 2.14. The molecule has 0 amide bonds. The molecule has 3 rings (SSSR count). The van der Waals surface area contributed by atoms with E-state index in [1.165, 1.54) is 24.0 Å². The summed E-state index contributed by atoms with van der Waals surface area (Å²) in [5, 5.41) is 11.1. The van der Waals surface area contributed by atoms with Crippen molar-refractivity contribution < 1.29 is 4.74 Å². The zero-order chi connectivity index (χ0) is 17.3. The second-order valence-corrected chi connectivity index (χ2v) is 6.25. The van der Waals surface area contributed by atoms with Gasteiger partial charge in [0.1, 0.15) is 0 Å². The number of nitrogens with one attached hydrogen (secondary N) is 2. The minimum Gasteiger partial charge on any atom is -0.378 e. The SMILES string of the molecule is CN=C(NCCC1CCCO1)NCc1ccccc1Cn1cccn1. The Morgan fingerprint density at radius 2 is 2.16 bits per heavy atom. The first-order valence-electron chi connectivity index (χ1n) is 8.95. The molecule has 1 aromatic heterocycles. The number of aromatic nitrogens is 2. The predicted octanol–water partition coefficient (Wildman–Crippen LogP) is 2.17. The number of guanidine groups is 1.